The van der Waals surface area contributed by atoms with E-state index in [1.165, 1.54) is 17.7 Å². The van der Waals surface area contributed by atoms with Crippen LogP contribution in [0.1, 0.15) is 11.1 Å². The summed E-state index contributed by atoms with van der Waals surface area (Å²) < 4.78 is 14.1. The van der Waals surface area contributed by atoms with E-state index in [0.717, 1.165) is 10.0 Å². The van der Waals surface area contributed by atoms with E-state index in [-0.39, 0.29) is 5.82 Å². The summed E-state index contributed by atoms with van der Waals surface area (Å²) in [6.45, 7) is 2.62. The van der Waals surface area contributed by atoms with Crippen LogP contribution in [0.4, 0.5) is 10.1 Å². The first-order chi connectivity index (χ1) is 8.56. The number of hydrogen-bond acceptors (Lipinski definition) is 1. The van der Waals surface area contributed by atoms with Gasteiger partial charge in [0.25, 0.3) is 0 Å². The molecule has 0 bridgehead atoms. The molecule has 0 fully saturated rings. The Morgan fingerprint density at radius 2 is 2.00 bits per heavy atom. The lowest BCUT2D eigenvalue weighted by molar-refractivity contribution is 0.628. The van der Waals surface area contributed by atoms with E-state index in [9.17, 15) is 4.39 Å². The maximum absolute atomic E-state index is 13.1. The van der Waals surface area contributed by atoms with E-state index in [0.29, 0.717) is 17.3 Å². The van der Waals surface area contributed by atoms with Crippen molar-refractivity contribution in [3.8, 4) is 0 Å². The lowest BCUT2D eigenvalue weighted by atomic mass is 10.1. The summed E-state index contributed by atoms with van der Waals surface area (Å²) in [5.74, 6) is -0.301. The molecule has 0 saturated heterocycles. The molecule has 0 aliphatic heterocycles. The highest BCUT2D eigenvalue weighted by molar-refractivity contribution is 9.10. The molecule has 0 radical (unpaired) electrons. The second-order valence-electron chi connectivity index (χ2n) is 4.07. The van der Waals surface area contributed by atoms with Crippen LogP contribution < -0.4 is 5.32 Å². The molecule has 0 atom stereocenters. The Labute approximate surface area is 119 Å². The van der Waals surface area contributed by atoms with Crippen molar-refractivity contribution in [1.82, 2.24) is 0 Å². The fraction of sp³-hybridized carbons (Fsp3) is 0.143. The molecular weight excluding hydrogens is 317 g/mol. The highest BCUT2D eigenvalue weighted by Crippen LogP contribution is 2.24. The van der Waals surface area contributed by atoms with E-state index in [1.807, 2.05) is 25.1 Å². The summed E-state index contributed by atoms with van der Waals surface area (Å²) in [6, 6.07) is 10.4. The van der Waals surface area contributed by atoms with E-state index in [2.05, 4.69) is 21.2 Å². The second-order valence-corrected chi connectivity index (χ2v) is 5.33. The highest BCUT2D eigenvalue weighted by atomic mass is 79.9. The predicted octanol–water partition coefficient (Wildman–Crippen LogP) is 5.16. The van der Waals surface area contributed by atoms with Gasteiger partial charge in [0.05, 0.1) is 10.7 Å². The molecule has 0 aromatic heterocycles. The third-order valence-electron chi connectivity index (χ3n) is 2.61. The molecule has 0 aliphatic carbocycles. The molecule has 2 rings (SSSR count). The van der Waals surface area contributed by atoms with Crippen molar-refractivity contribution in [2.75, 3.05) is 5.32 Å². The van der Waals surface area contributed by atoms with Gasteiger partial charge in [-0.2, -0.15) is 0 Å². The molecule has 94 valence electrons. The largest absolute Gasteiger partial charge is 0.380 e. The van der Waals surface area contributed by atoms with E-state index in [1.54, 1.807) is 6.07 Å². The molecule has 1 N–H and O–H groups in total. The normalized spacial score (nSPS) is 10.4. The van der Waals surface area contributed by atoms with Crippen molar-refractivity contribution >= 4 is 33.2 Å². The molecule has 1 nitrogen and oxygen atoms in total. The van der Waals surface area contributed by atoms with Crippen molar-refractivity contribution < 1.29 is 4.39 Å². The number of hydrogen-bond donors (Lipinski definition) is 1. The van der Waals surface area contributed by atoms with Gasteiger partial charge in [0.15, 0.2) is 0 Å². The molecule has 0 saturated carbocycles. The smallest absolute Gasteiger partial charge is 0.125 e. The molecular formula is C14H12BrClFN. The van der Waals surface area contributed by atoms with E-state index < -0.39 is 0 Å². The van der Waals surface area contributed by atoms with Crippen LogP contribution >= 0.6 is 27.5 Å². The van der Waals surface area contributed by atoms with Crippen molar-refractivity contribution in [1.29, 1.82) is 0 Å². The first kappa shape index (κ1) is 13.4. The number of benzene rings is 2. The molecule has 0 unspecified atom stereocenters. The lowest BCUT2D eigenvalue weighted by Crippen LogP contribution is -2.01. The van der Waals surface area contributed by atoms with Crippen LogP contribution in [0.25, 0.3) is 0 Å². The molecule has 2 aromatic carbocycles. The van der Waals surface area contributed by atoms with Crippen LogP contribution in [-0.4, -0.2) is 0 Å². The molecule has 0 aliphatic rings. The van der Waals surface area contributed by atoms with Gasteiger partial charge in [-0.25, -0.2) is 4.39 Å². The van der Waals surface area contributed by atoms with Crippen LogP contribution in [-0.2, 0) is 6.54 Å². The molecule has 4 heteroatoms. The highest BCUT2D eigenvalue weighted by Gasteiger charge is 2.04. The molecule has 0 amide bonds. The summed E-state index contributed by atoms with van der Waals surface area (Å²) in [5, 5.41) is 3.64. The second kappa shape index (κ2) is 5.72. The molecule has 0 spiro atoms. The van der Waals surface area contributed by atoms with Crippen molar-refractivity contribution in [2.24, 2.45) is 0 Å². The van der Waals surface area contributed by atoms with Crippen LogP contribution in [0.3, 0.4) is 0 Å². The van der Waals surface area contributed by atoms with Crippen LogP contribution in [0.5, 0.6) is 0 Å². The zero-order valence-corrected chi connectivity index (χ0v) is 12.1. The van der Waals surface area contributed by atoms with E-state index in [4.69, 9.17) is 11.6 Å². The van der Waals surface area contributed by atoms with Crippen LogP contribution in [0.2, 0.25) is 5.02 Å². The maximum Gasteiger partial charge on any atom is 0.125 e. The summed E-state index contributed by atoms with van der Waals surface area (Å²) in [4.78, 5) is 0. The summed E-state index contributed by atoms with van der Waals surface area (Å²) in [7, 11) is 0. The first-order valence-electron chi connectivity index (χ1n) is 5.50. The summed E-state index contributed by atoms with van der Waals surface area (Å²) >= 11 is 9.49. The predicted molar refractivity (Wildman–Crippen MR) is 77.6 cm³/mol. The van der Waals surface area contributed by atoms with Gasteiger partial charge in [-0.1, -0.05) is 39.7 Å². The van der Waals surface area contributed by atoms with Crippen molar-refractivity contribution in [2.45, 2.75) is 13.5 Å². The number of halogens is 3. The third-order valence-corrected chi connectivity index (χ3v) is 3.67. The third kappa shape index (κ3) is 3.24. The Balaban J connectivity index is 2.13. The first-order valence-corrected chi connectivity index (χ1v) is 6.67. The fourth-order valence-electron chi connectivity index (χ4n) is 1.62. The van der Waals surface area contributed by atoms with E-state index >= 15 is 0 Å². The average molecular weight is 329 g/mol. The Kier molecular flexibility index (Phi) is 4.25. The van der Waals surface area contributed by atoms with Crippen molar-refractivity contribution in [3.05, 3.63) is 62.8 Å². The van der Waals surface area contributed by atoms with Gasteiger partial charge < -0.3 is 5.32 Å². The molecule has 18 heavy (non-hydrogen) atoms. The Bertz CT molecular complexity index is 572. The van der Waals surface area contributed by atoms with Gasteiger partial charge in [0.2, 0.25) is 0 Å². The molecule has 2 aromatic rings. The van der Waals surface area contributed by atoms with Gasteiger partial charge in [-0.05, 0) is 42.3 Å². The van der Waals surface area contributed by atoms with Gasteiger partial charge in [-0.3, -0.25) is 0 Å². The number of aryl methyl sites for hydroxylation is 1. The minimum absolute atomic E-state index is 0.301. The lowest BCUT2D eigenvalue weighted by Gasteiger charge is -2.10. The van der Waals surface area contributed by atoms with Gasteiger partial charge in [0, 0.05) is 11.0 Å². The summed E-state index contributed by atoms with van der Waals surface area (Å²) in [6.07, 6.45) is 0. The topological polar surface area (TPSA) is 12.0 Å². The minimum Gasteiger partial charge on any atom is -0.380 e. The number of anilines is 1. The van der Waals surface area contributed by atoms with Crippen LogP contribution in [0, 0.1) is 12.7 Å². The van der Waals surface area contributed by atoms with Gasteiger partial charge in [-0.15, -0.1) is 0 Å². The monoisotopic (exact) mass is 327 g/mol. The van der Waals surface area contributed by atoms with Gasteiger partial charge >= 0.3 is 0 Å². The SMILES string of the molecule is Cc1ccc(CNc2cc(F)ccc2Cl)c(Br)c1. The Hall–Kier alpha value is -1.06. The quantitative estimate of drug-likeness (QED) is 0.820. The molecule has 0 heterocycles. The van der Waals surface area contributed by atoms with Gasteiger partial charge in [0.1, 0.15) is 5.82 Å². The average Bonchev–Trinajstić information content (AvgIpc) is 2.32. The number of rotatable bonds is 3. The summed E-state index contributed by atoms with van der Waals surface area (Å²) in [5.41, 5.74) is 2.89. The Morgan fingerprint density at radius 1 is 1.22 bits per heavy atom. The fourth-order valence-corrected chi connectivity index (χ4v) is 2.44. The Morgan fingerprint density at radius 3 is 2.72 bits per heavy atom. The zero-order valence-electron chi connectivity index (χ0n) is 9.81. The number of nitrogens with one attached hydrogen (secondary N) is 1. The van der Waals surface area contributed by atoms with Crippen LogP contribution in [0.15, 0.2) is 40.9 Å². The standard InChI is InChI=1S/C14H12BrClFN/c1-9-2-3-10(12(15)6-9)8-18-14-7-11(17)4-5-13(14)16/h2-7,18H,8H2,1H3. The maximum atomic E-state index is 13.1. The zero-order chi connectivity index (χ0) is 13.1. The minimum atomic E-state index is -0.301. The van der Waals surface area contributed by atoms with Crippen molar-refractivity contribution in [3.63, 3.8) is 0 Å².